The molecule has 0 saturated heterocycles. The lowest BCUT2D eigenvalue weighted by Crippen LogP contribution is -2.31. The molecule has 3 heteroatoms. The molecule has 2 atom stereocenters. The van der Waals surface area contributed by atoms with E-state index in [9.17, 15) is 0 Å². The maximum absolute atomic E-state index is 6.06. The summed E-state index contributed by atoms with van der Waals surface area (Å²) in [5, 5.41) is 3.55. The number of ether oxygens (including phenoxy) is 2. The molecule has 0 heterocycles. The van der Waals surface area contributed by atoms with Gasteiger partial charge in [0.15, 0.2) is 0 Å². The number of fused-ring (bicyclic) bond motifs is 1. The summed E-state index contributed by atoms with van der Waals surface area (Å²) in [6.07, 6.45) is 3.57. The fourth-order valence-electron chi connectivity index (χ4n) is 2.71. The molecule has 1 aliphatic carbocycles. The summed E-state index contributed by atoms with van der Waals surface area (Å²) in [7, 11) is 1.72. The summed E-state index contributed by atoms with van der Waals surface area (Å²) in [5.74, 6) is 0.927. The third kappa shape index (κ3) is 3.28. The molecule has 2 unspecified atom stereocenters. The summed E-state index contributed by atoms with van der Waals surface area (Å²) in [5.41, 5.74) is 2.72. The highest BCUT2D eigenvalue weighted by molar-refractivity contribution is 5.42. The van der Waals surface area contributed by atoms with Gasteiger partial charge in [-0.3, -0.25) is 0 Å². The van der Waals surface area contributed by atoms with Crippen molar-refractivity contribution in [2.45, 2.75) is 45.3 Å². The minimum Gasteiger partial charge on any atom is -0.497 e. The zero-order valence-electron chi connectivity index (χ0n) is 12.2. The van der Waals surface area contributed by atoms with Gasteiger partial charge >= 0.3 is 0 Å². The summed E-state index contributed by atoms with van der Waals surface area (Å²) in [6.45, 7) is 6.14. The molecule has 0 aromatic heterocycles. The van der Waals surface area contributed by atoms with Crippen molar-refractivity contribution in [1.82, 2.24) is 5.32 Å². The topological polar surface area (TPSA) is 30.5 Å². The van der Waals surface area contributed by atoms with E-state index in [4.69, 9.17) is 9.47 Å². The molecule has 0 aliphatic heterocycles. The van der Waals surface area contributed by atoms with Crippen LogP contribution < -0.4 is 10.1 Å². The number of rotatable bonds is 7. The van der Waals surface area contributed by atoms with Crippen LogP contribution in [0.15, 0.2) is 18.2 Å². The van der Waals surface area contributed by atoms with Crippen molar-refractivity contribution in [2.75, 3.05) is 20.3 Å². The standard InChI is InChI=1S/C16H25NO2/c1-4-6-9-19-15-10-12-7-8-13(18-3)11-14(12)16(15)17-5-2/h7-8,11,15-17H,4-6,9-10H2,1-3H3. The van der Waals surface area contributed by atoms with Crippen LogP contribution in [0.4, 0.5) is 0 Å². The lowest BCUT2D eigenvalue weighted by molar-refractivity contribution is 0.0335. The van der Waals surface area contributed by atoms with E-state index in [0.29, 0.717) is 6.04 Å². The molecule has 1 aromatic rings. The van der Waals surface area contributed by atoms with Crippen molar-refractivity contribution in [2.24, 2.45) is 0 Å². The summed E-state index contributed by atoms with van der Waals surface area (Å²) >= 11 is 0. The predicted octanol–water partition coefficient (Wildman–Crippen LogP) is 3.09. The third-order valence-electron chi connectivity index (χ3n) is 3.73. The molecule has 0 amide bonds. The molecule has 19 heavy (non-hydrogen) atoms. The number of likely N-dealkylation sites (N-methyl/N-ethyl adjacent to an activating group) is 1. The fourth-order valence-corrected chi connectivity index (χ4v) is 2.71. The van der Waals surface area contributed by atoms with Gasteiger partial charge in [-0.05, 0) is 36.2 Å². The van der Waals surface area contributed by atoms with Gasteiger partial charge in [-0.1, -0.05) is 26.3 Å². The van der Waals surface area contributed by atoms with Gasteiger partial charge in [-0.25, -0.2) is 0 Å². The average molecular weight is 263 g/mol. The molecule has 0 spiro atoms. The Bertz CT molecular complexity index is 406. The van der Waals surface area contributed by atoms with Crippen molar-refractivity contribution in [3.8, 4) is 5.75 Å². The van der Waals surface area contributed by atoms with Crippen LogP contribution in [-0.2, 0) is 11.2 Å². The van der Waals surface area contributed by atoms with Gasteiger partial charge in [-0.2, -0.15) is 0 Å². The van der Waals surface area contributed by atoms with E-state index in [0.717, 1.165) is 31.7 Å². The smallest absolute Gasteiger partial charge is 0.119 e. The van der Waals surface area contributed by atoms with Crippen molar-refractivity contribution < 1.29 is 9.47 Å². The molecule has 1 aliphatic rings. The Balaban J connectivity index is 2.12. The predicted molar refractivity (Wildman–Crippen MR) is 77.8 cm³/mol. The first-order valence-electron chi connectivity index (χ1n) is 7.32. The van der Waals surface area contributed by atoms with Crippen LogP contribution in [0.5, 0.6) is 5.75 Å². The summed E-state index contributed by atoms with van der Waals surface area (Å²) in [4.78, 5) is 0. The van der Waals surface area contributed by atoms with Gasteiger partial charge in [0.25, 0.3) is 0 Å². The van der Waals surface area contributed by atoms with Crippen LogP contribution in [0.25, 0.3) is 0 Å². The number of benzene rings is 1. The van der Waals surface area contributed by atoms with Crippen LogP contribution in [0.1, 0.15) is 43.9 Å². The molecule has 1 N–H and O–H groups in total. The van der Waals surface area contributed by atoms with Crippen LogP contribution in [-0.4, -0.2) is 26.4 Å². The Morgan fingerprint density at radius 3 is 2.84 bits per heavy atom. The maximum atomic E-state index is 6.06. The number of hydrogen-bond donors (Lipinski definition) is 1. The first kappa shape index (κ1) is 14.4. The Morgan fingerprint density at radius 2 is 2.16 bits per heavy atom. The molecule has 106 valence electrons. The lowest BCUT2D eigenvalue weighted by Gasteiger charge is -2.22. The van der Waals surface area contributed by atoms with E-state index in [1.165, 1.54) is 17.5 Å². The van der Waals surface area contributed by atoms with E-state index < -0.39 is 0 Å². The van der Waals surface area contributed by atoms with Gasteiger partial charge in [0.05, 0.1) is 19.3 Å². The largest absolute Gasteiger partial charge is 0.497 e. The van der Waals surface area contributed by atoms with Gasteiger partial charge in [-0.15, -0.1) is 0 Å². The molecule has 0 fully saturated rings. The zero-order valence-corrected chi connectivity index (χ0v) is 12.2. The van der Waals surface area contributed by atoms with E-state index in [1.54, 1.807) is 7.11 Å². The molecular formula is C16H25NO2. The fraction of sp³-hybridized carbons (Fsp3) is 0.625. The molecular weight excluding hydrogens is 238 g/mol. The second-order valence-corrected chi connectivity index (χ2v) is 5.07. The van der Waals surface area contributed by atoms with Gasteiger partial charge in [0, 0.05) is 13.0 Å². The maximum Gasteiger partial charge on any atom is 0.119 e. The molecule has 0 radical (unpaired) electrons. The van der Waals surface area contributed by atoms with Crippen molar-refractivity contribution in [3.05, 3.63) is 29.3 Å². The van der Waals surface area contributed by atoms with Crippen molar-refractivity contribution in [1.29, 1.82) is 0 Å². The number of methoxy groups -OCH3 is 1. The molecule has 2 rings (SSSR count). The van der Waals surface area contributed by atoms with Crippen LogP contribution >= 0.6 is 0 Å². The number of nitrogens with one attached hydrogen (secondary N) is 1. The highest BCUT2D eigenvalue weighted by Crippen LogP contribution is 2.35. The Hall–Kier alpha value is -1.06. The zero-order chi connectivity index (χ0) is 13.7. The highest BCUT2D eigenvalue weighted by Gasteiger charge is 2.32. The molecule has 0 bridgehead atoms. The third-order valence-corrected chi connectivity index (χ3v) is 3.73. The van der Waals surface area contributed by atoms with Gasteiger partial charge in [0.2, 0.25) is 0 Å². The van der Waals surface area contributed by atoms with Crippen molar-refractivity contribution in [3.63, 3.8) is 0 Å². The summed E-state index contributed by atoms with van der Waals surface area (Å²) < 4.78 is 11.4. The first-order valence-corrected chi connectivity index (χ1v) is 7.32. The van der Waals surface area contributed by atoms with Gasteiger partial charge in [0.1, 0.15) is 5.75 Å². The SMILES string of the molecule is CCCCOC1Cc2ccc(OC)cc2C1NCC. The number of hydrogen-bond acceptors (Lipinski definition) is 3. The minimum absolute atomic E-state index is 0.258. The molecule has 3 nitrogen and oxygen atoms in total. The normalized spacial score (nSPS) is 21.4. The average Bonchev–Trinajstić information content (AvgIpc) is 2.77. The highest BCUT2D eigenvalue weighted by atomic mass is 16.5. The Labute approximate surface area is 116 Å². The lowest BCUT2D eigenvalue weighted by atomic mass is 10.1. The van der Waals surface area contributed by atoms with Crippen molar-refractivity contribution >= 4 is 0 Å². The monoisotopic (exact) mass is 263 g/mol. The Kier molecular flexibility index (Phi) is 5.23. The molecule has 1 aromatic carbocycles. The Morgan fingerprint density at radius 1 is 1.32 bits per heavy atom. The second-order valence-electron chi connectivity index (χ2n) is 5.07. The van der Waals surface area contributed by atoms with E-state index >= 15 is 0 Å². The van der Waals surface area contributed by atoms with Crippen LogP contribution in [0.2, 0.25) is 0 Å². The van der Waals surface area contributed by atoms with Crippen LogP contribution in [0.3, 0.4) is 0 Å². The van der Waals surface area contributed by atoms with Gasteiger partial charge < -0.3 is 14.8 Å². The molecule has 0 saturated carbocycles. The first-order chi connectivity index (χ1) is 9.30. The van der Waals surface area contributed by atoms with E-state index in [2.05, 4.69) is 31.3 Å². The summed E-state index contributed by atoms with van der Waals surface area (Å²) in [6, 6.07) is 6.65. The van der Waals surface area contributed by atoms with E-state index in [-0.39, 0.29) is 6.10 Å². The quantitative estimate of drug-likeness (QED) is 0.767. The number of unbranched alkanes of at least 4 members (excludes halogenated alkanes) is 1. The van der Waals surface area contributed by atoms with Crippen LogP contribution in [0, 0.1) is 0 Å². The minimum atomic E-state index is 0.258. The van der Waals surface area contributed by atoms with E-state index in [1.807, 2.05) is 6.07 Å². The second kappa shape index (κ2) is 6.92.